The van der Waals surface area contributed by atoms with Crippen LogP contribution < -0.4 is 0 Å². The molecule has 1 unspecified atom stereocenters. The van der Waals surface area contributed by atoms with Crippen molar-refractivity contribution in [1.82, 2.24) is 4.98 Å². The Morgan fingerprint density at radius 3 is 3.06 bits per heavy atom. The Hall–Kier alpha value is -1.42. The molecular formula is C13H19NO3. The number of pyridine rings is 1. The lowest BCUT2D eigenvalue weighted by molar-refractivity contribution is -0.144. The highest BCUT2D eigenvalue weighted by Gasteiger charge is 2.10. The summed E-state index contributed by atoms with van der Waals surface area (Å²) >= 11 is 0. The van der Waals surface area contributed by atoms with Crippen molar-refractivity contribution in [1.29, 1.82) is 0 Å². The minimum atomic E-state index is -0.651. The molecule has 0 bridgehead atoms. The van der Waals surface area contributed by atoms with Crippen molar-refractivity contribution < 1.29 is 14.6 Å². The van der Waals surface area contributed by atoms with Crippen LogP contribution in [0.25, 0.3) is 0 Å². The second-order valence-corrected chi connectivity index (χ2v) is 3.91. The molecule has 4 nitrogen and oxygen atoms in total. The van der Waals surface area contributed by atoms with Gasteiger partial charge in [0, 0.05) is 18.8 Å². The highest BCUT2D eigenvalue weighted by molar-refractivity contribution is 5.69. The van der Waals surface area contributed by atoms with Crippen molar-refractivity contribution >= 4 is 5.97 Å². The molecule has 0 radical (unpaired) electrons. The molecule has 1 aromatic rings. The molecular weight excluding hydrogens is 218 g/mol. The van der Waals surface area contributed by atoms with E-state index >= 15 is 0 Å². The molecule has 0 saturated carbocycles. The van der Waals surface area contributed by atoms with Gasteiger partial charge in [-0.25, -0.2) is 0 Å². The summed E-state index contributed by atoms with van der Waals surface area (Å²) in [6.07, 6.45) is 5.10. The van der Waals surface area contributed by atoms with Crippen molar-refractivity contribution in [3.63, 3.8) is 0 Å². The predicted molar refractivity (Wildman–Crippen MR) is 64.3 cm³/mol. The van der Waals surface area contributed by atoms with E-state index in [1.807, 2.05) is 6.92 Å². The van der Waals surface area contributed by atoms with Crippen molar-refractivity contribution in [3.05, 3.63) is 30.1 Å². The molecule has 0 aliphatic carbocycles. The number of aliphatic hydroxyl groups is 1. The fraction of sp³-hybridized carbons (Fsp3) is 0.538. The predicted octanol–water partition coefficient (Wildman–Crippen LogP) is 2.24. The number of carbonyl (C=O) groups is 1. The second kappa shape index (κ2) is 7.79. The van der Waals surface area contributed by atoms with Crippen LogP contribution in [-0.4, -0.2) is 22.7 Å². The molecule has 0 aliphatic rings. The quantitative estimate of drug-likeness (QED) is 0.583. The van der Waals surface area contributed by atoms with Crippen molar-refractivity contribution in [2.75, 3.05) is 6.61 Å². The number of aliphatic hydroxyl groups excluding tert-OH is 1. The lowest BCUT2D eigenvalue weighted by Crippen LogP contribution is -2.08. The van der Waals surface area contributed by atoms with Crippen LogP contribution in [0.15, 0.2) is 24.5 Å². The summed E-state index contributed by atoms with van der Waals surface area (Å²) in [7, 11) is 0. The standard InChI is InChI=1S/C13H19NO3/c1-2-3-9-17-13(16)7-6-12(15)11-5-4-8-14-10-11/h4-5,8,10,12,15H,2-3,6-7,9H2,1H3. The fourth-order valence-electron chi connectivity index (χ4n) is 1.40. The van der Waals surface area contributed by atoms with Crippen LogP contribution in [0.2, 0.25) is 0 Å². The number of esters is 1. The van der Waals surface area contributed by atoms with E-state index in [9.17, 15) is 9.90 Å². The van der Waals surface area contributed by atoms with Crippen molar-refractivity contribution in [2.24, 2.45) is 0 Å². The first kappa shape index (κ1) is 13.6. The van der Waals surface area contributed by atoms with Gasteiger partial charge in [0.1, 0.15) is 0 Å². The van der Waals surface area contributed by atoms with Crippen LogP contribution in [0.3, 0.4) is 0 Å². The van der Waals surface area contributed by atoms with Gasteiger partial charge in [0.05, 0.1) is 12.7 Å². The van der Waals surface area contributed by atoms with Gasteiger partial charge in [-0.15, -0.1) is 0 Å². The highest BCUT2D eigenvalue weighted by atomic mass is 16.5. The summed E-state index contributed by atoms with van der Waals surface area (Å²) in [5.74, 6) is -0.249. The number of hydrogen-bond acceptors (Lipinski definition) is 4. The molecule has 0 aromatic carbocycles. The van der Waals surface area contributed by atoms with E-state index < -0.39 is 6.10 Å². The van der Waals surface area contributed by atoms with Crippen molar-refractivity contribution in [2.45, 2.75) is 38.7 Å². The minimum absolute atomic E-state index is 0.236. The topological polar surface area (TPSA) is 59.4 Å². The number of rotatable bonds is 7. The Bertz CT molecular complexity index is 327. The third-order valence-corrected chi connectivity index (χ3v) is 2.45. The number of carbonyl (C=O) groups excluding carboxylic acids is 1. The van der Waals surface area contributed by atoms with Gasteiger partial charge in [-0.05, 0) is 24.5 Å². The Balaban J connectivity index is 2.24. The molecule has 1 N–H and O–H groups in total. The molecule has 0 saturated heterocycles. The van der Waals surface area contributed by atoms with Gasteiger partial charge in [0.2, 0.25) is 0 Å². The van der Waals surface area contributed by atoms with E-state index in [-0.39, 0.29) is 12.4 Å². The highest BCUT2D eigenvalue weighted by Crippen LogP contribution is 2.16. The first-order valence-corrected chi connectivity index (χ1v) is 5.97. The van der Waals surface area contributed by atoms with Crippen LogP contribution in [0, 0.1) is 0 Å². The Kier molecular flexibility index (Phi) is 6.25. The number of unbranched alkanes of at least 4 members (excludes halogenated alkanes) is 1. The molecule has 94 valence electrons. The third-order valence-electron chi connectivity index (χ3n) is 2.45. The minimum Gasteiger partial charge on any atom is -0.466 e. The maximum atomic E-state index is 11.3. The summed E-state index contributed by atoms with van der Waals surface area (Å²) in [4.78, 5) is 15.2. The molecule has 0 amide bonds. The summed E-state index contributed by atoms with van der Waals surface area (Å²) in [6.45, 7) is 2.51. The molecule has 0 fully saturated rings. The van der Waals surface area contributed by atoms with Crippen LogP contribution in [0.1, 0.15) is 44.3 Å². The van der Waals surface area contributed by atoms with Crippen LogP contribution >= 0.6 is 0 Å². The third kappa shape index (κ3) is 5.45. The van der Waals surface area contributed by atoms with Crippen molar-refractivity contribution in [3.8, 4) is 0 Å². The first-order chi connectivity index (χ1) is 8.24. The van der Waals surface area contributed by atoms with Crippen LogP contribution in [0.4, 0.5) is 0 Å². The number of ether oxygens (including phenoxy) is 1. The maximum Gasteiger partial charge on any atom is 0.305 e. The monoisotopic (exact) mass is 237 g/mol. The molecule has 1 aromatic heterocycles. The van der Waals surface area contributed by atoms with E-state index in [2.05, 4.69) is 4.98 Å². The van der Waals surface area contributed by atoms with Gasteiger partial charge >= 0.3 is 5.97 Å². The second-order valence-electron chi connectivity index (χ2n) is 3.91. The number of aromatic nitrogens is 1. The maximum absolute atomic E-state index is 11.3. The molecule has 0 spiro atoms. The summed E-state index contributed by atoms with van der Waals surface area (Å²) in [5, 5.41) is 9.79. The van der Waals surface area contributed by atoms with Gasteiger partial charge in [-0.3, -0.25) is 9.78 Å². The fourth-order valence-corrected chi connectivity index (χ4v) is 1.40. The summed E-state index contributed by atoms with van der Waals surface area (Å²) in [5.41, 5.74) is 0.730. The molecule has 17 heavy (non-hydrogen) atoms. The van der Waals surface area contributed by atoms with E-state index in [0.29, 0.717) is 13.0 Å². The van der Waals surface area contributed by atoms with E-state index in [4.69, 9.17) is 4.74 Å². The van der Waals surface area contributed by atoms with Gasteiger partial charge in [0.15, 0.2) is 0 Å². The Morgan fingerprint density at radius 1 is 1.59 bits per heavy atom. The summed E-state index contributed by atoms with van der Waals surface area (Å²) in [6, 6.07) is 3.55. The average Bonchev–Trinajstić information content (AvgIpc) is 2.37. The largest absolute Gasteiger partial charge is 0.466 e. The molecule has 1 rings (SSSR count). The lowest BCUT2D eigenvalue weighted by Gasteiger charge is -2.09. The zero-order valence-electron chi connectivity index (χ0n) is 10.1. The molecule has 1 heterocycles. The normalized spacial score (nSPS) is 12.1. The van der Waals surface area contributed by atoms with Gasteiger partial charge < -0.3 is 9.84 Å². The zero-order valence-corrected chi connectivity index (χ0v) is 10.1. The van der Waals surface area contributed by atoms with E-state index in [1.54, 1.807) is 24.5 Å². The summed E-state index contributed by atoms with van der Waals surface area (Å²) < 4.78 is 5.00. The van der Waals surface area contributed by atoms with Crippen LogP contribution in [-0.2, 0) is 9.53 Å². The Labute approximate surface area is 102 Å². The van der Waals surface area contributed by atoms with Gasteiger partial charge in [-0.1, -0.05) is 19.4 Å². The van der Waals surface area contributed by atoms with E-state index in [1.165, 1.54) is 0 Å². The van der Waals surface area contributed by atoms with E-state index in [0.717, 1.165) is 18.4 Å². The molecule has 4 heteroatoms. The van der Waals surface area contributed by atoms with Gasteiger partial charge in [0.25, 0.3) is 0 Å². The SMILES string of the molecule is CCCCOC(=O)CCC(O)c1cccnc1. The first-order valence-electron chi connectivity index (χ1n) is 5.97. The smallest absolute Gasteiger partial charge is 0.305 e. The lowest BCUT2D eigenvalue weighted by atomic mass is 10.1. The molecule has 0 aliphatic heterocycles. The van der Waals surface area contributed by atoms with Gasteiger partial charge in [-0.2, -0.15) is 0 Å². The van der Waals surface area contributed by atoms with Crippen LogP contribution in [0.5, 0.6) is 0 Å². The molecule has 1 atom stereocenters. The number of nitrogens with zero attached hydrogens (tertiary/aromatic N) is 1. The average molecular weight is 237 g/mol. The number of hydrogen-bond donors (Lipinski definition) is 1. The Morgan fingerprint density at radius 2 is 2.41 bits per heavy atom. The zero-order chi connectivity index (χ0) is 12.5.